The third-order valence-corrected chi connectivity index (χ3v) is 4.00. The first-order chi connectivity index (χ1) is 7.78. The quantitative estimate of drug-likeness (QED) is 0.843. The number of nitrogens with zero attached hydrogens (tertiary/aromatic N) is 3. The van der Waals surface area contributed by atoms with Crippen LogP contribution in [0.5, 0.6) is 0 Å². The molecule has 2 aromatic heterocycles. The predicted octanol–water partition coefficient (Wildman–Crippen LogP) is 1.99. The molecule has 0 atom stereocenters. The van der Waals surface area contributed by atoms with E-state index in [2.05, 4.69) is 15.2 Å². The number of hydrogen-bond donors (Lipinski definition) is 1. The van der Waals surface area contributed by atoms with Gasteiger partial charge in [-0.3, -0.25) is 4.98 Å². The van der Waals surface area contributed by atoms with E-state index in [0.717, 1.165) is 20.8 Å². The van der Waals surface area contributed by atoms with Crippen molar-refractivity contribution in [1.29, 1.82) is 0 Å². The third-order valence-electron chi connectivity index (χ3n) is 1.96. The second-order valence-electron chi connectivity index (χ2n) is 3.24. The lowest BCUT2D eigenvalue weighted by Crippen LogP contribution is -1.99. The Morgan fingerprint density at radius 2 is 2.31 bits per heavy atom. The molecule has 16 heavy (non-hydrogen) atoms. The van der Waals surface area contributed by atoms with E-state index in [1.54, 1.807) is 29.3 Å². The van der Waals surface area contributed by atoms with Gasteiger partial charge in [0, 0.05) is 18.5 Å². The first-order valence-corrected chi connectivity index (χ1v) is 6.65. The summed E-state index contributed by atoms with van der Waals surface area (Å²) in [7, 11) is 0. The Morgan fingerprint density at radius 1 is 1.44 bits per heavy atom. The maximum absolute atomic E-state index is 5.54. The molecule has 0 aliphatic heterocycles. The van der Waals surface area contributed by atoms with Crippen LogP contribution in [0.25, 0.3) is 0 Å². The molecule has 0 unspecified atom stereocenters. The molecule has 2 aromatic rings. The number of pyridine rings is 1. The highest BCUT2D eigenvalue weighted by Gasteiger charge is 2.02. The number of aryl methyl sites for hydroxylation is 1. The standard InChI is InChI=1S/C10H12N4S2/c1-7-13-14-10(16-7)15-6-8-2-3-12-9(4-8)5-11/h2-4H,5-6,11H2,1H3. The van der Waals surface area contributed by atoms with E-state index in [1.165, 1.54) is 5.56 Å². The summed E-state index contributed by atoms with van der Waals surface area (Å²) < 4.78 is 1.00. The third kappa shape index (κ3) is 3.01. The highest BCUT2D eigenvalue weighted by atomic mass is 32.2. The minimum Gasteiger partial charge on any atom is -0.325 e. The van der Waals surface area contributed by atoms with Gasteiger partial charge >= 0.3 is 0 Å². The molecule has 6 heteroatoms. The molecule has 0 aliphatic carbocycles. The summed E-state index contributed by atoms with van der Waals surface area (Å²) in [6.45, 7) is 2.44. The number of rotatable bonds is 4. The van der Waals surface area contributed by atoms with Gasteiger partial charge in [-0.15, -0.1) is 10.2 Å². The van der Waals surface area contributed by atoms with Crippen molar-refractivity contribution in [2.45, 2.75) is 23.6 Å². The predicted molar refractivity (Wildman–Crippen MR) is 66.3 cm³/mol. The molecule has 0 amide bonds. The number of thioether (sulfide) groups is 1. The monoisotopic (exact) mass is 252 g/mol. The zero-order valence-corrected chi connectivity index (χ0v) is 10.5. The number of hydrogen-bond acceptors (Lipinski definition) is 6. The van der Waals surface area contributed by atoms with Gasteiger partial charge in [0.1, 0.15) is 5.01 Å². The van der Waals surface area contributed by atoms with E-state index in [0.29, 0.717) is 6.54 Å². The van der Waals surface area contributed by atoms with Gasteiger partial charge in [-0.25, -0.2) is 0 Å². The maximum atomic E-state index is 5.54. The van der Waals surface area contributed by atoms with Crippen molar-refractivity contribution >= 4 is 23.1 Å². The Labute approximate surface area is 102 Å². The molecule has 84 valence electrons. The van der Waals surface area contributed by atoms with Crippen molar-refractivity contribution in [2.75, 3.05) is 0 Å². The molecular weight excluding hydrogens is 240 g/mol. The fourth-order valence-electron chi connectivity index (χ4n) is 1.21. The highest BCUT2D eigenvalue weighted by molar-refractivity contribution is 8.00. The van der Waals surface area contributed by atoms with Gasteiger partial charge in [-0.1, -0.05) is 23.1 Å². The molecule has 0 saturated carbocycles. The Balaban J connectivity index is 1.99. The van der Waals surface area contributed by atoms with Crippen LogP contribution in [0.15, 0.2) is 22.7 Å². The minimum atomic E-state index is 0.483. The fourth-order valence-corrected chi connectivity index (χ4v) is 2.97. The van der Waals surface area contributed by atoms with Crippen molar-refractivity contribution in [3.8, 4) is 0 Å². The average Bonchev–Trinajstić information content (AvgIpc) is 2.73. The molecule has 0 bridgehead atoms. The summed E-state index contributed by atoms with van der Waals surface area (Å²) in [6, 6.07) is 4.03. The van der Waals surface area contributed by atoms with Gasteiger partial charge in [0.15, 0.2) is 4.34 Å². The molecule has 2 rings (SSSR count). The van der Waals surface area contributed by atoms with Gasteiger partial charge < -0.3 is 5.73 Å². The zero-order valence-electron chi connectivity index (χ0n) is 8.88. The first-order valence-electron chi connectivity index (χ1n) is 4.84. The van der Waals surface area contributed by atoms with Gasteiger partial charge in [0.2, 0.25) is 0 Å². The van der Waals surface area contributed by atoms with E-state index >= 15 is 0 Å². The van der Waals surface area contributed by atoms with Crippen LogP contribution in [0.3, 0.4) is 0 Å². The summed E-state index contributed by atoms with van der Waals surface area (Å²) in [6.07, 6.45) is 1.80. The number of aromatic nitrogens is 3. The topological polar surface area (TPSA) is 64.7 Å². The minimum absolute atomic E-state index is 0.483. The average molecular weight is 252 g/mol. The van der Waals surface area contributed by atoms with E-state index in [9.17, 15) is 0 Å². The smallest absolute Gasteiger partial charge is 0.174 e. The SMILES string of the molecule is Cc1nnc(SCc2ccnc(CN)c2)s1. The van der Waals surface area contributed by atoms with Gasteiger partial charge in [0.05, 0.1) is 5.69 Å². The van der Waals surface area contributed by atoms with Crippen molar-refractivity contribution in [3.05, 3.63) is 34.6 Å². The Bertz CT molecular complexity index is 469. The van der Waals surface area contributed by atoms with Crippen LogP contribution in [0, 0.1) is 6.92 Å². The summed E-state index contributed by atoms with van der Waals surface area (Å²) in [5.41, 5.74) is 7.68. The highest BCUT2D eigenvalue weighted by Crippen LogP contribution is 2.25. The van der Waals surface area contributed by atoms with Crippen LogP contribution in [-0.4, -0.2) is 15.2 Å². The lowest BCUT2D eigenvalue weighted by Gasteiger charge is -2.00. The Morgan fingerprint density at radius 3 is 3.00 bits per heavy atom. The summed E-state index contributed by atoms with van der Waals surface area (Å²) in [4.78, 5) is 4.16. The fraction of sp³-hybridized carbons (Fsp3) is 0.300. The summed E-state index contributed by atoms with van der Waals surface area (Å²) >= 11 is 3.31. The van der Waals surface area contributed by atoms with Crippen LogP contribution < -0.4 is 5.73 Å². The van der Waals surface area contributed by atoms with E-state index < -0.39 is 0 Å². The molecule has 0 spiro atoms. The van der Waals surface area contributed by atoms with E-state index in [4.69, 9.17) is 5.73 Å². The molecule has 0 radical (unpaired) electrons. The molecule has 0 aromatic carbocycles. The molecule has 2 N–H and O–H groups in total. The summed E-state index contributed by atoms with van der Waals surface area (Å²) in [5, 5.41) is 9.04. The van der Waals surface area contributed by atoms with Gasteiger partial charge in [-0.05, 0) is 24.6 Å². The number of nitrogens with two attached hydrogens (primary N) is 1. The Kier molecular flexibility index (Phi) is 3.87. The van der Waals surface area contributed by atoms with Crippen molar-refractivity contribution in [3.63, 3.8) is 0 Å². The van der Waals surface area contributed by atoms with Crippen LogP contribution in [0.4, 0.5) is 0 Å². The molecule has 4 nitrogen and oxygen atoms in total. The second kappa shape index (κ2) is 5.38. The molecule has 0 fully saturated rings. The maximum Gasteiger partial charge on any atom is 0.174 e. The lowest BCUT2D eigenvalue weighted by atomic mass is 10.2. The normalized spacial score (nSPS) is 10.6. The molecule has 0 saturated heterocycles. The van der Waals surface area contributed by atoms with Crippen LogP contribution >= 0.6 is 23.1 Å². The molecule has 2 heterocycles. The lowest BCUT2D eigenvalue weighted by molar-refractivity contribution is 0.978. The van der Waals surface area contributed by atoms with Crippen molar-refractivity contribution < 1.29 is 0 Å². The summed E-state index contributed by atoms with van der Waals surface area (Å²) in [5.74, 6) is 0.879. The van der Waals surface area contributed by atoms with E-state index in [-0.39, 0.29) is 0 Å². The van der Waals surface area contributed by atoms with Gasteiger partial charge in [-0.2, -0.15) is 0 Å². The van der Waals surface area contributed by atoms with Crippen LogP contribution in [-0.2, 0) is 12.3 Å². The van der Waals surface area contributed by atoms with Crippen LogP contribution in [0.2, 0.25) is 0 Å². The van der Waals surface area contributed by atoms with Crippen LogP contribution in [0.1, 0.15) is 16.3 Å². The Hall–Kier alpha value is -0.980. The second-order valence-corrected chi connectivity index (χ2v) is 5.64. The van der Waals surface area contributed by atoms with E-state index in [1.807, 2.05) is 19.1 Å². The van der Waals surface area contributed by atoms with Crippen molar-refractivity contribution in [1.82, 2.24) is 15.2 Å². The van der Waals surface area contributed by atoms with Gasteiger partial charge in [0.25, 0.3) is 0 Å². The molecular formula is C10H12N4S2. The largest absolute Gasteiger partial charge is 0.325 e. The zero-order chi connectivity index (χ0) is 11.4. The molecule has 0 aliphatic rings. The van der Waals surface area contributed by atoms with Crippen molar-refractivity contribution in [2.24, 2.45) is 5.73 Å². The first kappa shape index (κ1) is 11.5.